The summed E-state index contributed by atoms with van der Waals surface area (Å²) in [6, 6.07) is 1.12. The second-order valence-corrected chi connectivity index (χ2v) is 7.57. The number of carbonyl (C=O) groups excluding carboxylic acids is 3. The van der Waals surface area contributed by atoms with E-state index in [1.165, 1.54) is 11.3 Å². The summed E-state index contributed by atoms with van der Waals surface area (Å²) in [7, 11) is 0. The van der Waals surface area contributed by atoms with E-state index in [0.29, 0.717) is 4.88 Å². The number of alkyl halides is 1. The minimum atomic E-state index is -0.876. The Morgan fingerprint density at radius 3 is 2.54 bits per heavy atom. The molecule has 0 saturated heterocycles. The molecule has 0 aliphatic heterocycles. The van der Waals surface area contributed by atoms with Crippen molar-refractivity contribution in [3.8, 4) is 0 Å². The summed E-state index contributed by atoms with van der Waals surface area (Å²) in [5.41, 5.74) is 0.880. The molecule has 0 aliphatic rings. The summed E-state index contributed by atoms with van der Waals surface area (Å²) in [5.74, 6) is -1.27. The maximum atomic E-state index is 12.6. The van der Waals surface area contributed by atoms with Crippen molar-refractivity contribution >= 4 is 45.1 Å². The van der Waals surface area contributed by atoms with E-state index >= 15 is 0 Å². The third-order valence-electron chi connectivity index (χ3n) is 3.55. The number of rotatable bonds is 11. The van der Waals surface area contributed by atoms with Crippen LogP contribution in [0.3, 0.4) is 0 Å². The van der Waals surface area contributed by atoms with E-state index in [1.807, 2.05) is 13.0 Å². The Morgan fingerprint density at radius 2 is 1.92 bits per heavy atom. The Balaban J connectivity index is 2.79. The van der Waals surface area contributed by atoms with Gasteiger partial charge in [-0.2, -0.15) is 0 Å². The molecule has 0 saturated carbocycles. The largest absolute Gasteiger partial charge is 0.466 e. The molecule has 0 bridgehead atoms. The second-order valence-electron chi connectivity index (χ2n) is 5.64. The molecule has 146 valence electrons. The number of ether oxygens (including phenoxy) is 2. The predicted molar refractivity (Wildman–Crippen MR) is 105 cm³/mol. The fourth-order valence-corrected chi connectivity index (χ4v) is 3.74. The molecule has 1 N–H and O–H groups in total. The first-order chi connectivity index (χ1) is 12.4. The van der Waals surface area contributed by atoms with Gasteiger partial charge in [-0.3, -0.25) is 9.59 Å². The Labute approximate surface area is 166 Å². The van der Waals surface area contributed by atoms with Crippen LogP contribution in [0.1, 0.15) is 53.2 Å². The average Bonchev–Trinajstić information content (AvgIpc) is 2.97. The fourth-order valence-electron chi connectivity index (χ4n) is 2.35. The van der Waals surface area contributed by atoms with Crippen molar-refractivity contribution in [3.63, 3.8) is 0 Å². The highest BCUT2D eigenvalue weighted by molar-refractivity contribution is 9.09. The number of amides is 1. The van der Waals surface area contributed by atoms with E-state index in [2.05, 4.69) is 21.2 Å². The predicted octanol–water partition coefficient (Wildman–Crippen LogP) is 3.39. The number of halogens is 1. The molecule has 1 aromatic rings. The highest BCUT2D eigenvalue weighted by Crippen LogP contribution is 2.23. The van der Waals surface area contributed by atoms with Crippen LogP contribution < -0.4 is 5.32 Å². The van der Waals surface area contributed by atoms with E-state index in [0.717, 1.165) is 28.6 Å². The summed E-state index contributed by atoms with van der Waals surface area (Å²) in [5, 5.41) is 3.61. The third-order valence-corrected chi connectivity index (χ3v) is 5.41. The molecule has 0 unspecified atom stereocenters. The van der Waals surface area contributed by atoms with Crippen LogP contribution in [-0.2, 0) is 25.5 Å². The highest BCUT2D eigenvalue weighted by Gasteiger charge is 2.25. The monoisotopic (exact) mass is 447 g/mol. The van der Waals surface area contributed by atoms with Crippen LogP contribution >= 0.6 is 27.3 Å². The van der Waals surface area contributed by atoms with Gasteiger partial charge in [0.1, 0.15) is 6.04 Å². The molecule has 0 radical (unpaired) electrons. The summed E-state index contributed by atoms with van der Waals surface area (Å²) < 4.78 is 9.89. The second kappa shape index (κ2) is 12.1. The van der Waals surface area contributed by atoms with Gasteiger partial charge in [0, 0.05) is 16.6 Å². The van der Waals surface area contributed by atoms with Crippen molar-refractivity contribution in [2.75, 3.05) is 18.5 Å². The molecule has 1 amide bonds. The van der Waals surface area contributed by atoms with Gasteiger partial charge >= 0.3 is 11.9 Å². The zero-order valence-corrected chi connectivity index (χ0v) is 17.8. The zero-order valence-electron chi connectivity index (χ0n) is 15.4. The smallest absolute Gasteiger partial charge is 0.328 e. The number of carbonyl (C=O) groups is 3. The molecule has 0 aliphatic carbocycles. The van der Waals surface area contributed by atoms with Gasteiger partial charge in [0.25, 0.3) is 5.91 Å². The topological polar surface area (TPSA) is 81.7 Å². The summed E-state index contributed by atoms with van der Waals surface area (Å²) in [4.78, 5) is 38.0. The van der Waals surface area contributed by atoms with Crippen LogP contribution in [0.4, 0.5) is 0 Å². The standard InChI is InChI=1S/C18H26BrNO5S/c1-4-24-15(21)9-8-14(18(23)25-5-2)20-17(22)16-12(3)11-13(26-16)7-6-10-19/h11,14H,4-10H2,1-3H3,(H,20,22)/t14-/m0/s1. The lowest BCUT2D eigenvalue weighted by Crippen LogP contribution is -2.42. The molecular formula is C18H26BrNO5S. The summed E-state index contributed by atoms with van der Waals surface area (Å²) >= 11 is 4.83. The van der Waals surface area contributed by atoms with Crippen LogP contribution in [0, 0.1) is 6.92 Å². The molecule has 1 heterocycles. The first-order valence-corrected chi connectivity index (χ1v) is 10.6. The first kappa shape index (κ1) is 22.6. The highest BCUT2D eigenvalue weighted by atomic mass is 79.9. The minimum absolute atomic E-state index is 0.0392. The normalized spacial score (nSPS) is 11.7. The number of thiophene rings is 1. The Morgan fingerprint density at radius 1 is 1.23 bits per heavy atom. The number of esters is 2. The molecule has 0 spiro atoms. The van der Waals surface area contributed by atoms with Crippen molar-refractivity contribution in [3.05, 3.63) is 21.4 Å². The van der Waals surface area contributed by atoms with E-state index in [1.54, 1.807) is 13.8 Å². The summed E-state index contributed by atoms with van der Waals surface area (Å²) in [6.45, 7) is 5.78. The molecule has 0 aromatic carbocycles. The summed E-state index contributed by atoms with van der Waals surface area (Å²) in [6.07, 6.45) is 2.07. The van der Waals surface area contributed by atoms with Crippen LogP contribution in [0.25, 0.3) is 0 Å². The van der Waals surface area contributed by atoms with Gasteiger partial charge in [-0.05, 0) is 51.7 Å². The minimum Gasteiger partial charge on any atom is -0.466 e. The SMILES string of the molecule is CCOC(=O)CC[C@H](NC(=O)c1sc(CCCBr)cc1C)C(=O)OCC. The quantitative estimate of drug-likeness (QED) is 0.415. The van der Waals surface area contributed by atoms with Gasteiger partial charge in [-0.1, -0.05) is 15.9 Å². The molecular weight excluding hydrogens is 422 g/mol. The van der Waals surface area contributed by atoms with E-state index in [-0.39, 0.29) is 32.0 Å². The lowest BCUT2D eigenvalue weighted by molar-refractivity contribution is -0.146. The van der Waals surface area contributed by atoms with Crippen LogP contribution in [0.2, 0.25) is 0 Å². The molecule has 8 heteroatoms. The third kappa shape index (κ3) is 7.45. The number of hydrogen-bond donors (Lipinski definition) is 1. The van der Waals surface area contributed by atoms with Gasteiger partial charge in [0.2, 0.25) is 0 Å². The van der Waals surface area contributed by atoms with Crippen molar-refractivity contribution in [2.45, 2.75) is 52.5 Å². The van der Waals surface area contributed by atoms with E-state index < -0.39 is 18.0 Å². The van der Waals surface area contributed by atoms with Crippen molar-refractivity contribution in [2.24, 2.45) is 0 Å². The zero-order chi connectivity index (χ0) is 19.5. The number of aryl methyl sites for hydroxylation is 2. The van der Waals surface area contributed by atoms with E-state index in [9.17, 15) is 14.4 Å². The maximum Gasteiger partial charge on any atom is 0.328 e. The van der Waals surface area contributed by atoms with Gasteiger partial charge in [-0.25, -0.2) is 4.79 Å². The van der Waals surface area contributed by atoms with Crippen molar-refractivity contribution < 1.29 is 23.9 Å². The van der Waals surface area contributed by atoms with Crippen molar-refractivity contribution in [1.29, 1.82) is 0 Å². The van der Waals surface area contributed by atoms with Crippen LogP contribution in [-0.4, -0.2) is 42.4 Å². The van der Waals surface area contributed by atoms with Gasteiger partial charge in [0.15, 0.2) is 0 Å². The van der Waals surface area contributed by atoms with Gasteiger partial charge in [-0.15, -0.1) is 11.3 Å². The average molecular weight is 448 g/mol. The molecule has 1 rings (SSSR count). The molecule has 26 heavy (non-hydrogen) atoms. The Hall–Kier alpha value is -1.41. The van der Waals surface area contributed by atoms with Gasteiger partial charge < -0.3 is 14.8 Å². The van der Waals surface area contributed by atoms with E-state index in [4.69, 9.17) is 9.47 Å². The Kier molecular flexibility index (Phi) is 10.5. The lowest BCUT2D eigenvalue weighted by atomic mass is 10.1. The molecule has 6 nitrogen and oxygen atoms in total. The Bertz CT molecular complexity index is 617. The molecule has 0 fully saturated rings. The number of hydrogen-bond acceptors (Lipinski definition) is 6. The maximum absolute atomic E-state index is 12.6. The lowest BCUT2D eigenvalue weighted by Gasteiger charge is -2.16. The van der Waals surface area contributed by atoms with Gasteiger partial charge in [0.05, 0.1) is 18.1 Å². The molecule has 1 atom stereocenters. The first-order valence-electron chi connectivity index (χ1n) is 8.71. The van der Waals surface area contributed by atoms with Crippen LogP contribution in [0.5, 0.6) is 0 Å². The molecule has 1 aromatic heterocycles. The fraction of sp³-hybridized carbons (Fsp3) is 0.611. The van der Waals surface area contributed by atoms with Crippen LogP contribution in [0.15, 0.2) is 6.07 Å². The number of nitrogens with one attached hydrogen (secondary N) is 1. The van der Waals surface area contributed by atoms with Crippen molar-refractivity contribution in [1.82, 2.24) is 5.32 Å².